The number of aryl methyl sites for hydroxylation is 2. The number of nitrogens with one attached hydrogen (secondary N) is 2. The Bertz CT molecular complexity index is 1080. The van der Waals surface area contributed by atoms with E-state index in [1.54, 1.807) is 0 Å². The van der Waals surface area contributed by atoms with Crippen LogP contribution in [-0.2, 0) is 22.4 Å². The molecular formula is C31H44N4O4. The fraction of sp³-hybridized carbons (Fsp3) is 0.581. The molecule has 2 heterocycles. The molecule has 1 aliphatic heterocycles. The van der Waals surface area contributed by atoms with Gasteiger partial charge in [-0.15, -0.1) is 0 Å². The van der Waals surface area contributed by atoms with E-state index < -0.39 is 12.0 Å². The van der Waals surface area contributed by atoms with Crippen molar-refractivity contribution >= 4 is 17.7 Å². The second-order valence-corrected chi connectivity index (χ2v) is 11.8. The van der Waals surface area contributed by atoms with Gasteiger partial charge < -0.3 is 20.5 Å². The number of carboxylic acids is 1. The zero-order valence-corrected chi connectivity index (χ0v) is 23.5. The summed E-state index contributed by atoms with van der Waals surface area (Å²) in [5.74, 6) is 0.668. The maximum atomic E-state index is 12.6. The molecule has 0 radical (unpaired) electrons. The highest BCUT2D eigenvalue weighted by Gasteiger charge is 2.41. The monoisotopic (exact) mass is 536 g/mol. The van der Waals surface area contributed by atoms with Gasteiger partial charge >= 0.3 is 5.97 Å². The molecule has 212 valence electrons. The SMILES string of the molecule is CC1(C)CC(C(=O)NC(CCN(CCCCc2ccc3c(n2)NCCC3)CCOc2ccccc2)C(=O)O)C1. The van der Waals surface area contributed by atoms with Crippen LogP contribution in [0.2, 0.25) is 0 Å². The average molecular weight is 537 g/mol. The molecule has 8 heteroatoms. The van der Waals surface area contributed by atoms with Crippen LogP contribution in [0.1, 0.15) is 63.6 Å². The van der Waals surface area contributed by atoms with Crippen molar-refractivity contribution in [2.45, 2.75) is 71.3 Å². The van der Waals surface area contributed by atoms with E-state index in [0.717, 1.165) is 75.3 Å². The first-order valence-corrected chi connectivity index (χ1v) is 14.5. The number of hydrogen-bond donors (Lipinski definition) is 3. The quantitative estimate of drug-likeness (QED) is 0.287. The molecule has 1 aromatic carbocycles. The molecule has 1 amide bonds. The Morgan fingerprint density at radius 2 is 1.92 bits per heavy atom. The average Bonchev–Trinajstić information content (AvgIpc) is 2.91. The number of carbonyl (C=O) groups is 2. The number of amides is 1. The number of fused-ring (bicyclic) bond motifs is 1. The van der Waals surface area contributed by atoms with Gasteiger partial charge in [0, 0.05) is 31.2 Å². The van der Waals surface area contributed by atoms with Crippen LogP contribution in [0, 0.1) is 11.3 Å². The lowest BCUT2D eigenvalue weighted by Crippen LogP contribution is -2.49. The highest BCUT2D eigenvalue weighted by Crippen LogP contribution is 2.44. The number of aromatic nitrogens is 1. The summed E-state index contributed by atoms with van der Waals surface area (Å²) in [5.41, 5.74) is 2.58. The third-order valence-corrected chi connectivity index (χ3v) is 7.85. The molecule has 2 aliphatic rings. The third kappa shape index (κ3) is 8.95. The first kappa shape index (κ1) is 28.9. The van der Waals surface area contributed by atoms with Gasteiger partial charge in [-0.05, 0) is 87.1 Å². The van der Waals surface area contributed by atoms with Crippen LogP contribution in [0.25, 0.3) is 0 Å². The fourth-order valence-corrected chi connectivity index (χ4v) is 5.61. The van der Waals surface area contributed by atoms with Crippen molar-refractivity contribution in [3.8, 4) is 5.75 Å². The van der Waals surface area contributed by atoms with Gasteiger partial charge in [0.1, 0.15) is 24.2 Å². The second-order valence-electron chi connectivity index (χ2n) is 11.8. The van der Waals surface area contributed by atoms with E-state index >= 15 is 0 Å². The lowest BCUT2D eigenvalue weighted by atomic mass is 9.64. The molecule has 1 fully saturated rings. The number of carboxylic acid groups (broad SMARTS) is 1. The minimum atomic E-state index is -0.977. The first-order valence-electron chi connectivity index (χ1n) is 14.5. The topological polar surface area (TPSA) is 104 Å². The summed E-state index contributed by atoms with van der Waals surface area (Å²) in [5, 5.41) is 16.0. The summed E-state index contributed by atoms with van der Waals surface area (Å²) in [7, 11) is 0. The van der Waals surface area contributed by atoms with Crippen molar-refractivity contribution in [1.29, 1.82) is 0 Å². The number of unbranched alkanes of at least 4 members (excludes halogenated alkanes) is 1. The summed E-state index contributed by atoms with van der Waals surface area (Å²) in [6, 6.07) is 13.2. The van der Waals surface area contributed by atoms with Crippen molar-refractivity contribution in [2.75, 3.05) is 38.1 Å². The molecule has 0 spiro atoms. The van der Waals surface area contributed by atoms with Gasteiger partial charge in [0.15, 0.2) is 0 Å². The predicted octanol–water partition coefficient (Wildman–Crippen LogP) is 4.54. The standard InChI is InChI=1S/C31H44N4O4/c1-31(2)21-24(22-31)29(36)34-27(30(37)38)15-18-35(19-20-39-26-11-4-3-5-12-26)17-7-6-10-25-14-13-23-9-8-16-32-28(23)33-25/h3-5,11-14,24,27H,6-10,15-22H2,1-2H3,(H,32,33)(H,34,36)(H,37,38). The number of carbonyl (C=O) groups excluding carboxylic acids is 1. The molecule has 0 saturated heterocycles. The predicted molar refractivity (Wildman–Crippen MR) is 153 cm³/mol. The number of rotatable bonds is 15. The van der Waals surface area contributed by atoms with E-state index in [1.807, 2.05) is 30.3 Å². The lowest BCUT2D eigenvalue weighted by molar-refractivity contribution is -0.144. The number of benzene rings is 1. The smallest absolute Gasteiger partial charge is 0.326 e. The molecule has 2 aromatic rings. The molecule has 1 aliphatic carbocycles. The summed E-state index contributed by atoms with van der Waals surface area (Å²) < 4.78 is 5.91. The number of pyridine rings is 1. The maximum absolute atomic E-state index is 12.6. The second kappa shape index (κ2) is 13.8. The Balaban J connectivity index is 1.26. The first-order chi connectivity index (χ1) is 18.8. The Labute approximate surface area is 232 Å². The van der Waals surface area contributed by atoms with E-state index in [2.05, 4.69) is 41.5 Å². The van der Waals surface area contributed by atoms with E-state index in [9.17, 15) is 14.7 Å². The van der Waals surface area contributed by atoms with E-state index in [1.165, 1.54) is 5.56 Å². The molecule has 8 nitrogen and oxygen atoms in total. The number of hydrogen-bond acceptors (Lipinski definition) is 6. The van der Waals surface area contributed by atoms with Gasteiger partial charge in [-0.2, -0.15) is 0 Å². The van der Waals surface area contributed by atoms with E-state index in [-0.39, 0.29) is 17.2 Å². The van der Waals surface area contributed by atoms with E-state index in [4.69, 9.17) is 9.72 Å². The molecule has 39 heavy (non-hydrogen) atoms. The zero-order chi connectivity index (χ0) is 27.7. The number of anilines is 1. The molecule has 4 rings (SSSR count). The molecule has 1 aromatic heterocycles. The number of ether oxygens (including phenoxy) is 1. The van der Waals surface area contributed by atoms with Crippen LogP contribution in [0.4, 0.5) is 5.82 Å². The summed E-state index contributed by atoms with van der Waals surface area (Å²) in [6.07, 6.45) is 7.11. The largest absolute Gasteiger partial charge is 0.492 e. The van der Waals surface area contributed by atoms with Crippen molar-refractivity contribution in [1.82, 2.24) is 15.2 Å². The fourth-order valence-electron chi connectivity index (χ4n) is 5.61. The molecule has 1 saturated carbocycles. The maximum Gasteiger partial charge on any atom is 0.326 e. The van der Waals surface area contributed by atoms with Gasteiger partial charge in [0.2, 0.25) is 5.91 Å². The summed E-state index contributed by atoms with van der Waals surface area (Å²) in [4.78, 5) is 31.6. The zero-order valence-electron chi connectivity index (χ0n) is 23.5. The van der Waals surface area contributed by atoms with Crippen molar-refractivity contribution in [3.05, 3.63) is 53.7 Å². The summed E-state index contributed by atoms with van der Waals surface area (Å²) in [6.45, 7) is 7.88. The van der Waals surface area contributed by atoms with Crippen LogP contribution in [-0.4, -0.2) is 65.7 Å². The van der Waals surface area contributed by atoms with Crippen LogP contribution in [0.15, 0.2) is 42.5 Å². The van der Waals surface area contributed by atoms with E-state index in [0.29, 0.717) is 26.1 Å². The van der Waals surface area contributed by atoms with Gasteiger partial charge in [0.25, 0.3) is 0 Å². The number of aliphatic carboxylic acids is 1. The number of nitrogens with zero attached hydrogens (tertiary/aromatic N) is 2. The van der Waals surface area contributed by atoms with Crippen LogP contribution >= 0.6 is 0 Å². The Morgan fingerprint density at radius 1 is 1.13 bits per heavy atom. The molecule has 1 unspecified atom stereocenters. The van der Waals surface area contributed by atoms with Crippen LogP contribution in [0.5, 0.6) is 5.75 Å². The third-order valence-electron chi connectivity index (χ3n) is 7.85. The van der Waals surface area contributed by atoms with Crippen LogP contribution < -0.4 is 15.4 Å². The van der Waals surface area contributed by atoms with Gasteiger partial charge in [-0.1, -0.05) is 38.1 Å². The molecule has 1 atom stereocenters. The minimum absolute atomic E-state index is 0.0790. The normalized spacial score (nSPS) is 17.0. The lowest BCUT2D eigenvalue weighted by Gasteiger charge is -2.41. The van der Waals surface area contributed by atoms with Gasteiger partial charge in [-0.3, -0.25) is 9.69 Å². The molecular weight excluding hydrogens is 492 g/mol. The summed E-state index contributed by atoms with van der Waals surface area (Å²) >= 11 is 0. The van der Waals surface area contributed by atoms with Crippen molar-refractivity contribution < 1.29 is 19.4 Å². The number of para-hydroxylation sites is 1. The molecule has 0 bridgehead atoms. The van der Waals surface area contributed by atoms with Crippen LogP contribution in [0.3, 0.4) is 0 Å². The minimum Gasteiger partial charge on any atom is -0.492 e. The van der Waals surface area contributed by atoms with Gasteiger partial charge in [0.05, 0.1) is 0 Å². The van der Waals surface area contributed by atoms with Crippen molar-refractivity contribution in [2.24, 2.45) is 11.3 Å². The Morgan fingerprint density at radius 3 is 2.67 bits per heavy atom. The highest BCUT2D eigenvalue weighted by molar-refractivity contribution is 5.85. The Kier molecular flexibility index (Phi) is 10.2. The Hall–Kier alpha value is -3.13. The van der Waals surface area contributed by atoms with Crippen molar-refractivity contribution in [3.63, 3.8) is 0 Å². The van der Waals surface area contributed by atoms with Gasteiger partial charge in [-0.25, -0.2) is 9.78 Å². The highest BCUT2D eigenvalue weighted by atomic mass is 16.5. The molecule has 3 N–H and O–H groups in total.